The number of nitrogens with one attached hydrogen (secondary N) is 1. The predicted octanol–water partition coefficient (Wildman–Crippen LogP) is 3.10. The van der Waals surface area contributed by atoms with E-state index in [1.165, 1.54) is 13.2 Å². The van der Waals surface area contributed by atoms with Crippen LogP contribution in [0.5, 0.6) is 11.5 Å². The van der Waals surface area contributed by atoms with Crippen molar-refractivity contribution in [1.29, 1.82) is 0 Å². The van der Waals surface area contributed by atoms with E-state index in [1.54, 1.807) is 30.3 Å². The van der Waals surface area contributed by atoms with Crippen LogP contribution in [0.4, 0.5) is 0 Å². The third kappa shape index (κ3) is 2.39. The number of hydrogen-bond donors (Lipinski definition) is 2. The highest BCUT2D eigenvalue weighted by atomic mass is 79.9. The summed E-state index contributed by atoms with van der Waals surface area (Å²) in [6.45, 7) is 0. The van der Waals surface area contributed by atoms with Crippen LogP contribution in [0.15, 0.2) is 50.1 Å². The van der Waals surface area contributed by atoms with Gasteiger partial charge in [-0.3, -0.25) is 9.59 Å². The van der Waals surface area contributed by atoms with Gasteiger partial charge < -0.3 is 19.6 Å². The van der Waals surface area contributed by atoms with Crippen molar-refractivity contribution in [2.75, 3.05) is 7.11 Å². The van der Waals surface area contributed by atoms with Crippen LogP contribution < -0.4 is 15.5 Å². The van der Waals surface area contributed by atoms with Gasteiger partial charge in [-0.2, -0.15) is 0 Å². The summed E-state index contributed by atoms with van der Waals surface area (Å²) in [7, 11) is 1.43. The first-order chi connectivity index (χ1) is 12.0. The molecular weight excluding hydrogens is 390 g/mol. The molecule has 0 spiro atoms. The van der Waals surface area contributed by atoms with Gasteiger partial charge in [0.1, 0.15) is 5.58 Å². The second kappa shape index (κ2) is 5.63. The van der Waals surface area contributed by atoms with E-state index in [0.29, 0.717) is 16.5 Å². The summed E-state index contributed by atoms with van der Waals surface area (Å²) in [5, 5.41) is 12.9. The Morgan fingerprint density at radius 3 is 2.76 bits per heavy atom. The lowest BCUT2D eigenvalue weighted by Gasteiger charge is -2.13. The minimum Gasteiger partial charge on any atom is -0.504 e. The van der Waals surface area contributed by atoms with Gasteiger partial charge in [0.25, 0.3) is 5.91 Å². The van der Waals surface area contributed by atoms with Crippen LogP contribution in [-0.2, 0) is 0 Å². The third-order valence-corrected chi connectivity index (χ3v) is 4.69. The molecule has 6 nitrogen and oxygen atoms in total. The van der Waals surface area contributed by atoms with Crippen molar-refractivity contribution in [3.8, 4) is 11.5 Å². The van der Waals surface area contributed by atoms with Crippen molar-refractivity contribution >= 4 is 32.8 Å². The Bertz CT molecular complexity index is 1090. The van der Waals surface area contributed by atoms with Crippen molar-refractivity contribution in [2.45, 2.75) is 6.04 Å². The highest BCUT2D eigenvalue weighted by molar-refractivity contribution is 9.10. The molecule has 2 N–H and O–H groups in total. The van der Waals surface area contributed by atoms with E-state index < -0.39 is 11.9 Å². The average Bonchev–Trinajstić information content (AvgIpc) is 2.93. The number of carbonyl (C=O) groups is 1. The van der Waals surface area contributed by atoms with E-state index in [2.05, 4.69) is 21.2 Å². The normalized spacial score (nSPS) is 15.9. The van der Waals surface area contributed by atoms with Gasteiger partial charge in [-0.15, -0.1) is 0 Å². The van der Waals surface area contributed by atoms with E-state index in [4.69, 9.17) is 9.15 Å². The van der Waals surface area contributed by atoms with Gasteiger partial charge in [0.15, 0.2) is 16.9 Å². The number of methoxy groups -OCH3 is 1. The number of halogens is 1. The number of fused-ring (bicyclic) bond motifs is 2. The van der Waals surface area contributed by atoms with E-state index in [0.717, 1.165) is 4.47 Å². The summed E-state index contributed by atoms with van der Waals surface area (Å²) in [6.07, 6.45) is 0. The standard InChI is InChI=1S/C18H12BrNO5/c1-24-13-6-8(2-4-11(13)21)15-14-16(22)10-7-9(19)3-5-12(10)25-17(14)18(23)20-15/h2-7,15,21H,1H3,(H,20,23)/t15-/m1/s1. The number of phenols is 1. The molecule has 2 heterocycles. The quantitative estimate of drug-likeness (QED) is 0.688. The zero-order chi connectivity index (χ0) is 17.7. The van der Waals surface area contributed by atoms with Crippen molar-refractivity contribution in [3.05, 3.63) is 68.0 Å². The number of benzene rings is 2. The zero-order valence-electron chi connectivity index (χ0n) is 13.0. The lowest BCUT2D eigenvalue weighted by molar-refractivity contribution is 0.0938. The summed E-state index contributed by atoms with van der Waals surface area (Å²) >= 11 is 3.34. The predicted molar refractivity (Wildman–Crippen MR) is 94.2 cm³/mol. The maximum Gasteiger partial charge on any atom is 0.288 e. The second-order valence-electron chi connectivity index (χ2n) is 5.65. The fraction of sp³-hybridized carbons (Fsp3) is 0.111. The summed E-state index contributed by atoms with van der Waals surface area (Å²) in [4.78, 5) is 25.3. The van der Waals surface area contributed by atoms with Crippen LogP contribution in [0.2, 0.25) is 0 Å². The van der Waals surface area contributed by atoms with Gasteiger partial charge >= 0.3 is 0 Å². The molecule has 0 radical (unpaired) electrons. The van der Waals surface area contributed by atoms with Crippen LogP contribution in [0.1, 0.15) is 27.7 Å². The van der Waals surface area contributed by atoms with Gasteiger partial charge in [0.05, 0.1) is 24.1 Å². The number of aromatic hydroxyl groups is 1. The number of hydrogen-bond acceptors (Lipinski definition) is 5. The highest BCUT2D eigenvalue weighted by Gasteiger charge is 2.36. The first kappa shape index (κ1) is 15.7. The lowest BCUT2D eigenvalue weighted by atomic mass is 9.99. The Labute approximate surface area is 150 Å². The molecule has 0 fully saturated rings. The Balaban J connectivity index is 1.96. The molecule has 0 aliphatic carbocycles. The van der Waals surface area contributed by atoms with Gasteiger partial charge in [-0.05, 0) is 35.9 Å². The minimum absolute atomic E-state index is 0.0110. The number of amides is 1. The Hall–Kier alpha value is -2.80. The molecule has 1 aromatic heterocycles. The monoisotopic (exact) mass is 401 g/mol. The molecular formula is C18H12BrNO5. The maximum absolute atomic E-state index is 13.0. The van der Waals surface area contributed by atoms with Gasteiger partial charge in [0.2, 0.25) is 5.76 Å². The highest BCUT2D eigenvalue weighted by Crippen LogP contribution is 2.35. The SMILES string of the molecule is COc1cc([C@H]2NC(=O)c3oc4ccc(Br)cc4c(=O)c32)ccc1O. The molecule has 0 saturated heterocycles. The molecule has 7 heteroatoms. The second-order valence-corrected chi connectivity index (χ2v) is 6.57. The van der Waals surface area contributed by atoms with Crippen LogP contribution in [-0.4, -0.2) is 18.1 Å². The minimum atomic E-state index is -0.670. The van der Waals surface area contributed by atoms with Gasteiger partial charge in [-0.25, -0.2) is 0 Å². The molecule has 1 aliphatic rings. The van der Waals surface area contributed by atoms with Crippen LogP contribution >= 0.6 is 15.9 Å². The molecule has 1 aliphatic heterocycles. The number of rotatable bonds is 2. The molecule has 3 aromatic rings. The molecule has 4 rings (SSSR count). The van der Waals surface area contributed by atoms with E-state index >= 15 is 0 Å². The largest absolute Gasteiger partial charge is 0.504 e. The van der Waals surface area contributed by atoms with E-state index in [1.807, 2.05) is 0 Å². The number of carbonyl (C=O) groups excluding carboxylic acids is 1. The molecule has 2 aromatic carbocycles. The van der Waals surface area contributed by atoms with Crippen molar-refractivity contribution in [1.82, 2.24) is 5.32 Å². The van der Waals surface area contributed by atoms with E-state index in [-0.39, 0.29) is 28.3 Å². The van der Waals surface area contributed by atoms with Crippen molar-refractivity contribution in [3.63, 3.8) is 0 Å². The smallest absolute Gasteiger partial charge is 0.288 e. The summed E-state index contributed by atoms with van der Waals surface area (Å²) in [5.41, 5.74) is 0.950. The summed E-state index contributed by atoms with van der Waals surface area (Å²) < 4.78 is 11.5. The van der Waals surface area contributed by atoms with Crippen molar-refractivity contribution in [2.24, 2.45) is 0 Å². The van der Waals surface area contributed by atoms with Crippen LogP contribution in [0, 0.1) is 0 Å². The molecule has 0 unspecified atom stereocenters. The fourth-order valence-electron chi connectivity index (χ4n) is 3.01. The summed E-state index contributed by atoms with van der Waals surface area (Å²) in [6, 6.07) is 9.05. The maximum atomic E-state index is 13.0. The first-order valence-electron chi connectivity index (χ1n) is 7.43. The molecule has 126 valence electrons. The van der Waals surface area contributed by atoms with Gasteiger partial charge in [-0.1, -0.05) is 22.0 Å². The van der Waals surface area contributed by atoms with E-state index in [9.17, 15) is 14.7 Å². The van der Waals surface area contributed by atoms with Crippen molar-refractivity contribution < 1.29 is 19.1 Å². The van der Waals surface area contributed by atoms with Crippen LogP contribution in [0.25, 0.3) is 11.0 Å². The molecule has 1 amide bonds. The van der Waals surface area contributed by atoms with Gasteiger partial charge in [0, 0.05) is 4.47 Å². The Morgan fingerprint density at radius 2 is 2.00 bits per heavy atom. The summed E-state index contributed by atoms with van der Waals surface area (Å²) in [5.74, 6) is -0.204. The molecule has 1 atom stereocenters. The number of phenolic OH excluding ortho intramolecular Hbond substituents is 1. The zero-order valence-corrected chi connectivity index (χ0v) is 14.6. The Kier molecular flexibility index (Phi) is 3.54. The molecule has 0 bridgehead atoms. The molecule has 25 heavy (non-hydrogen) atoms. The third-order valence-electron chi connectivity index (χ3n) is 4.19. The molecule has 0 saturated carbocycles. The average molecular weight is 402 g/mol. The lowest BCUT2D eigenvalue weighted by Crippen LogP contribution is -2.21. The Morgan fingerprint density at radius 1 is 1.20 bits per heavy atom. The number of ether oxygens (including phenoxy) is 1. The van der Waals surface area contributed by atoms with Crippen LogP contribution in [0.3, 0.4) is 0 Å². The fourth-order valence-corrected chi connectivity index (χ4v) is 3.37. The topological polar surface area (TPSA) is 88.8 Å². The first-order valence-corrected chi connectivity index (χ1v) is 8.23.